The van der Waals surface area contributed by atoms with E-state index in [9.17, 15) is 13.2 Å². The summed E-state index contributed by atoms with van der Waals surface area (Å²) in [6.45, 7) is 1.06. The SMILES string of the molecule is BC1(Oc2cc(F)cc(F)c2F)CNC1. The third-order valence-corrected chi connectivity index (χ3v) is 2.31. The highest BCUT2D eigenvalue weighted by atomic mass is 19.2. The van der Waals surface area contributed by atoms with Crippen molar-refractivity contribution >= 4 is 7.85 Å². The van der Waals surface area contributed by atoms with E-state index in [4.69, 9.17) is 4.74 Å². The molecule has 0 radical (unpaired) electrons. The Hall–Kier alpha value is -1.17. The minimum atomic E-state index is -1.24. The molecule has 1 N–H and O–H groups in total. The summed E-state index contributed by atoms with van der Waals surface area (Å²) in [6, 6.07) is 1.34. The second kappa shape index (κ2) is 3.45. The number of nitrogens with one attached hydrogen (secondary N) is 1. The number of halogens is 3. The fourth-order valence-electron chi connectivity index (χ4n) is 1.42. The zero-order chi connectivity index (χ0) is 11.1. The second-order valence-electron chi connectivity index (χ2n) is 3.86. The Morgan fingerprint density at radius 3 is 2.47 bits per heavy atom. The van der Waals surface area contributed by atoms with Gasteiger partial charge in [-0.15, -0.1) is 0 Å². The summed E-state index contributed by atoms with van der Waals surface area (Å²) < 4.78 is 44.0. The first kappa shape index (κ1) is 10.4. The number of hydrogen-bond acceptors (Lipinski definition) is 2. The van der Waals surface area contributed by atoms with E-state index in [0.717, 1.165) is 6.07 Å². The van der Waals surface area contributed by atoms with E-state index in [0.29, 0.717) is 19.2 Å². The van der Waals surface area contributed by atoms with Crippen LogP contribution in [0.4, 0.5) is 13.2 Å². The molecule has 15 heavy (non-hydrogen) atoms. The average molecular weight is 215 g/mol. The lowest BCUT2D eigenvalue weighted by molar-refractivity contribution is 0.0915. The highest BCUT2D eigenvalue weighted by molar-refractivity contribution is 6.15. The normalized spacial score (nSPS) is 18.3. The van der Waals surface area contributed by atoms with Crippen molar-refractivity contribution in [3.63, 3.8) is 0 Å². The van der Waals surface area contributed by atoms with Crippen molar-refractivity contribution in [2.24, 2.45) is 0 Å². The third-order valence-electron chi connectivity index (χ3n) is 2.31. The summed E-state index contributed by atoms with van der Waals surface area (Å²) in [6.07, 6.45) is 0. The van der Waals surface area contributed by atoms with Crippen molar-refractivity contribution in [2.45, 2.75) is 5.50 Å². The van der Waals surface area contributed by atoms with Crippen LogP contribution < -0.4 is 10.1 Å². The number of rotatable bonds is 2. The molecule has 1 heterocycles. The second-order valence-corrected chi connectivity index (χ2v) is 3.86. The van der Waals surface area contributed by atoms with Gasteiger partial charge >= 0.3 is 0 Å². The lowest BCUT2D eigenvalue weighted by atomic mass is 9.76. The molecule has 2 rings (SSSR count). The molecule has 0 unspecified atom stereocenters. The molecule has 0 saturated carbocycles. The van der Waals surface area contributed by atoms with E-state index in [-0.39, 0.29) is 5.75 Å². The summed E-state index contributed by atoms with van der Waals surface area (Å²) >= 11 is 0. The molecule has 2 nitrogen and oxygen atoms in total. The van der Waals surface area contributed by atoms with Crippen LogP contribution in [0.2, 0.25) is 0 Å². The molecule has 0 aromatic heterocycles. The van der Waals surface area contributed by atoms with Crippen LogP contribution in [0.25, 0.3) is 0 Å². The van der Waals surface area contributed by atoms with Crippen molar-refractivity contribution in [2.75, 3.05) is 13.1 Å². The van der Waals surface area contributed by atoms with Gasteiger partial charge in [0.25, 0.3) is 0 Å². The summed E-state index contributed by atoms with van der Waals surface area (Å²) in [5.74, 6) is -3.61. The maximum Gasteiger partial charge on any atom is 0.200 e. The molecule has 0 bridgehead atoms. The van der Waals surface area contributed by atoms with Crippen LogP contribution in [-0.4, -0.2) is 26.4 Å². The van der Waals surface area contributed by atoms with Crippen LogP contribution in [0.1, 0.15) is 0 Å². The van der Waals surface area contributed by atoms with Crippen molar-refractivity contribution in [1.82, 2.24) is 5.32 Å². The van der Waals surface area contributed by atoms with Crippen LogP contribution in [0.15, 0.2) is 12.1 Å². The third kappa shape index (κ3) is 1.94. The minimum Gasteiger partial charge on any atom is -0.491 e. The predicted molar refractivity (Wildman–Crippen MR) is 51.1 cm³/mol. The lowest BCUT2D eigenvalue weighted by Gasteiger charge is -2.39. The highest BCUT2D eigenvalue weighted by Gasteiger charge is 2.34. The van der Waals surface area contributed by atoms with E-state index in [1.165, 1.54) is 0 Å². The minimum absolute atomic E-state index is 0.378. The summed E-state index contributed by atoms with van der Waals surface area (Å²) in [5, 5.41) is 2.94. The first-order valence-corrected chi connectivity index (χ1v) is 4.54. The van der Waals surface area contributed by atoms with Gasteiger partial charge in [-0.05, 0) is 0 Å². The maximum absolute atomic E-state index is 13.2. The van der Waals surface area contributed by atoms with Gasteiger partial charge in [-0.3, -0.25) is 0 Å². The molecule has 0 spiro atoms. The molecular formula is C9H9BF3NO. The smallest absolute Gasteiger partial charge is 0.200 e. The zero-order valence-corrected chi connectivity index (χ0v) is 8.11. The van der Waals surface area contributed by atoms with E-state index in [2.05, 4.69) is 5.32 Å². The molecule has 0 aliphatic carbocycles. The van der Waals surface area contributed by atoms with E-state index < -0.39 is 23.0 Å². The average Bonchev–Trinajstić information content (AvgIpc) is 2.11. The van der Waals surface area contributed by atoms with Gasteiger partial charge < -0.3 is 10.1 Å². The first-order chi connectivity index (χ1) is 7.00. The standard InChI is InChI=1S/C9H9BF3NO/c10-9(3-14-4-9)15-7-2-5(11)1-6(12)8(7)13/h1-2,14H,3-4,10H2. The predicted octanol–water partition coefficient (Wildman–Crippen LogP) is 0.415. The molecule has 6 heteroatoms. The molecule has 1 aromatic rings. The Morgan fingerprint density at radius 1 is 1.27 bits per heavy atom. The molecule has 0 atom stereocenters. The lowest BCUT2D eigenvalue weighted by Crippen LogP contribution is -2.63. The Balaban J connectivity index is 2.27. The molecule has 1 fully saturated rings. The monoisotopic (exact) mass is 215 g/mol. The Labute approximate surface area is 85.8 Å². The van der Waals surface area contributed by atoms with Crippen LogP contribution in [0.5, 0.6) is 5.75 Å². The van der Waals surface area contributed by atoms with Crippen molar-refractivity contribution in [3.05, 3.63) is 29.6 Å². The van der Waals surface area contributed by atoms with E-state index in [1.54, 1.807) is 7.85 Å². The van der Waals surface area contributed by atoms with Gasteiger partial charge in [0.1, 0.15) is 5.82 Å². The molecule has 1 aliphatic heterocycles. The summed E-state index contributed by atoms with van der Waals surface area (Å²) in [7, 11) is 1.74. The Bertz CT molecular complexity index is 395. The van der Waals surface area contributed by atoms with Gasteiger partial charge in [0, 0.05) is 25.2 Å². The largest absolute Gasteiger partial charge is 0.491 e. The Morgan fingerprint density at radius 2 is 1.93 bits per heavy atom. The zero-order valence-electron chi connectivity index (χ0n) is 8.11. The number of benzene rings is 1. The van der Waals surface area contributed by atoms with E-state index in [1.807, 2.05) is 0 Å². The van der Waals surface area contributed by atoms with E-state index >= 15 is 0 Å². The van der Waals surface area contributed by atoms with Crippen LogP contribution in [-0.2, 0) is 0 Å². The van der Waals surface area contributed by atoms with Crippen molar-refractivity contribution in [3.8, 4) is 5.75 Å². The highest BCUT2D eigenvalue weighted by Crippen LogP contribution is 2.25. The first-order valence-electron chi connectivity index (χ1n) is 4.54. The van der Waals surface area contributed by atoms with Gasteiger partial charge in [-0.1, -0.05) is 0 Å². The Kier molecular flexibility index (Phi) is 2.38. The van der Waals surface area contributed by atoms with Gasteiger partial charge in [0.05, 0.1) is 5.50 Å². The van der Waals surface area contributed by atoms with Crippen LogP contribution in [0.3, 0.4) is 0 Å². The van der Waals surface area contributed by atoms with Gasteiger partial charge in [-0.2, -0.15) is 4.39 Å². The van der Waals surface area contributed by atoms with Gasteiger partial charge in [0.2, 0.25) is 5.82 Å². The molecule has 80 valence electrons. The van der Waals surface area contributed by atoms with Crippen LogP contribution >= 0.6 is 0 Å². The fraction of sp³-hybridized carbons (Fsp3) is 0.333. The van der Waals surface area contributed by atoms with Crippen molar-refractivity contribution < 1.29 is 17.9 Å². The van der Waals surface area contributed by atoms with Gasteiger partial charge in [-0.25, -0.2) is 8.78 Å². The molecule has 1 saturated heterocycles. The summed E-state index contributed by atoms with van der Waals surface area (Å²) in [5.41, 5.74) is -0.582. The molecule has 1 aromatic carbocycles. The van der Waals surface area contributed by atoms with Crippen molar-refractivity contribution in [1.29, 1.82) is 0 Å². The number of hydrogen-bond donors (Lipinski definition) is 1. The fourth-order valence-corrected chi connectivity index (χ4v) is 1.42. The quantitative estimate of drug-likeness (QED) is 0.570. The summed E-state index contributed by atoms with van der Waals surface area (Å²) in [4.78, 5) is 0. The molecule has 1 aliphatic rings. The van der Waals surface area contributed by atoms with Gasteiger partial charge in [0.15, 0.2) is 19.4 Å². The van der Waals surface area contributed by atoms with Crippen LogP contribution in [0, 0.1) is 17.5 Å². The maximum atomic E-state index is 13.2. The number of ether oxygens (including phenoxy) is 1. The molecular weight excluding hydrogens is 206 g/mol. The topological polar surface area (TPSA) is 21.3 Å². The molecule has 0 amide bonds.